The average molecular weight is 495 g/mol. The smallest absolute Gasteiger partial charge is 0.239 e. The maximum atomic E-state index is 14.8. The Morgan fingerprint density at radius 3 is 2.69 bits per heavy atom. The second kappa shape index (κ2) is 8.68. The number of aromatic nitrogens is 5. The van der Waals surface area contributed by atoms with Crippen LogP contribution in [0.2, 0.25) is 0 Å². The number of primary amides is 1. The summed E-state index contributed by atoms with van der Waals surface area (Å²) in [6.45, 7) is 0.878. The number of methoxy groups -OCH3 is 1. The van der Waals surface area contributed by atoms with Gasteiger partial charge in [-0.1, -0.05) is 0 Å². The highest BCUT2D eigenvalue weighted by Crippen LogP contribution is 2.33. The first-order valence-electron chi connectivity index (χ1n) is 11.0. The number of nitrogens with zero attached hydrogens (tertiary/aromatic N) is 6. The fraction of sp³-hybridized carbons (Fsp3) is 0.261. The number of hydrogen-bond donors (Lipinski definition) is 3. The van der Waals surface area contributed by atoms with E-state index in [1.54, 1.807) is 23.2 Å². The van der Waals surface area contributed by atoms with E-state index < -0.39 is 23.1 Å². The molecule has 13 heteroatoms. The summed E-state index contributed by atoms with van der Waals surface area (Å²) >= 11 is 0. The number of imidazole rings is 1. The van der Waals surface area contributed by atoms with Crippen molar-refractivity contribution in [3.8, 4) is 17.0 Å². The van der Waals surface area contributed by atoms with Crippen molar-refractivity contribution in [1.29, 1.82) is 0 Å². The van der Waals surface area contributed by atoms with Crippen molar-refractivity contribution in [2.24, 2.45) is 11.5 Å². The molecular weight excluding hydrogens is 472 g/mol. The standard InChI is InChI=1S/C23H23F2N9O2/c1-36-18-6-14(24)13(5-15(18)25)16-4-12(8-34-11-32-19-20(26)30-10-31-21(19)34)17(7-29-16)33-3-2-23(28,9-33)22(27)35/h4-7,10-11H,2-3,8-9,28H2,1H3,(H2,27,35)(H2,26,30,31)/t23-/m1/s1. The minimum Gasteiger partial charge on any atom is -0.494 e. The summed E-state index contributed by atoms with van der Waals surface area (Å²) in [4.78, 5) is 30.7. The zero-order valence-electron chi connectivity index (χ0n) is 19.3. The molecule has 11 nitrogen and oxygen atoms in total. The van der Waals surface area contributed by atoms with Crippen LogP contribution < -0.4 is 26.8 Å². The van der Waals surface area contributed by atoms with Gasteiger partial charge in [0.25, 0.3) is 0 Å². The minimum atomic E-state index is -1.19. The van der Waals surface area contributed by atoms with Gasteiger partial charge in [0.15, 0.2) is 23.0 Å². The summed E-state index contributed by atoms with van der Waals surface area (Å²) in [5.41, 5.74) is 18.9. The lowest BCUT2D eigenvalue weighted by Gasteiger charge is -2.25. The van der Waals surface area contributed by atoms with Gasteiger partial charge in [-0.25, -0.2) is 23.7 Å². The van der Waals surface area contributed by atoms with Gasteiger partial charge in [0.2, 0.25) is 5.91 Å². The van der Waals surface area contributed by atoms with Crippen molar-refractivity contribution in [2.45, 2.75) is 18.5 Å². The number of carbonyl (C=O) groups excluding carboxylic acids is 1. The number of rotatable bonds is 6. The number of anilines is 2. The molecule has 6 N–H and O–H groups in total. The van der Waals surface area contributed by atoms with Crippen molar-refractivity contribution in [2.75, 3.05) is 30.8 Å². The van der Waals surface area contributed by atoms with Crippen LogP contribution in [0, 0.1) is 11.6 Å². The third-order valence-corrected chi connectivity index (χ3v) is 6.39. The number of fused-ring (bicyclic) bond motifs is 1. The molecule has 5 rings (SSSR count). The largest absolute Gasteiger partial charge is 0.494 e. The molecule has 0 unspecified atom stereocenters. The monoisotopic (exact) mass is 495 g/mol. The van der Waals surface area contributed by atoms with Crippen LogP contribution in [0.5, 0.6) is 5.75 Å². The van der Waals surface area contributed by atoms with E-state index in [2.05, 4.69) is 19.9 Å². The first-order chi connectivity index (χ1) is 17.2. The lowest BCUT2D eigenvalue weighted by atomic mass is 10.00. The topological polar surface area (TPSA) is 164 Å². The number of pyridine rings is 1. The molecule has 4 heterocycles. The summed E-state index contributed by atoms with van der Waals surface area (Å²) in [5, 5.41) is 0. The fourth-order valence-electron chi connectivity index (χ4n) is 4.37. The molecule has 0 spiro atoms. The van der Waals surface area contributed by atoms with Crippen LogP contribution in [-0.2, 0) is 11.3 Å². The average Bonchev–Trinajstić information content (AvgIpc) is 3.46. The van der Waals surface area contributed by atoms with Crippen LogP contribution in [0.1, 0.15) is 12.0 Å². The van der Waals surface area contributed by atoms with E-state index in [1.165, 1.54) is 13.4 Å². The molecule has 1 aliphatic rings. The van der Waals surface area contributed by atoms with Gasteiger partial charge in [-0.2, -0.15) is 0 Å². The van der Waals surface area contributed by atoms with Gasteiger partial charge < -0.3 is 31.4 Å². The van der Waals surface area contributed by atoms with E-state index in [0.717, 1.165) is 12.1 Å². The summed E-state index contributed by atoms with van der Waals surface area (Å²) < 4.78 is 35.9. The highest BCUT2D eigenvalue weighted by atomic mass is 19.1. The molecule has 1 fully saturated rings. The number of benzene rings is 1. The highest BCUT2D eigenvalue weighted by molar-refractivity contribution is 5.86. The second-order valence-corrected chi connectivity index (χ2v) is 8.66. The summed E-state index contributed by atoms with van der Waals surface area (Å²) in [6.07, 6.45) is 4.80. The summed E-state index contributed by atoms with van der Waals surface area (Å²) in [5.74, 6) is -1.98. The highest BCUT2D eigenvalue weighted by Gasteiger charge is 2.40. The van der Waals surface area contributed by atoms with Crippen molar-refractivity contribution >= 4 is 28.6 Å². The number of hydrogen-bond acceptors (Lipinski definition) is 9. The molecule has 1 aromatic carbocycles. The van der Waals surface area contributed by atoms with Crippen LogP contribution in [0.15, 0.2) is 37.1 Å². The minimum absolute atomic E-state index is 0.0325. The summed E-state index contributed by atoms with van der Waals surface area (Å²) in [6, 6.07) is 3.66. The molecule has 0 saturated carbocycles. The number of nitrogens with two attached hydrogens (primary N) is 3. The molecule has 1 aliphatic heterocycles. The third-order valence-electron chi connectivity index (χ3n) is 6.39. The van der Waals surface area contributed by atoms with Crippen molar-refractivity contribution in [3.05, 3.63) is 54.2 Å². The second-order valence-electron chi connectivity index (χ2n) is 8.66. The molecule has 0 radical (unpaired) electrons. The quantitative estimate of drug-likeness (QED) is 0.356. The normalized spacial score (nSPS) is 17.6. The fourth-order valence-corrected chi connectivity index (χ4v) is 4.37. The molecule has 0 bridgehead atoms. The number of halogens is 2. The van der Waals surface area contributed by atoms with E-state index >= 15 is 0 Å². The van der Waals surface area contributed by atoms with Crippen molar-refractivity contribution in [1.82, 2.24) is 24.5 Å². The van der Waals surface area contributed by atoms with Gasteiger partial charge in [0, 0.05) is 24.7 Å². The Morgan fingerprint density at radius 2 is 1.97 bits per heavy atom. The van der Waals surface area contributed by atoms with E-state index in [4.69, 9.17) is 21.9 Å². The van der Waals surface area contributed by atoms with Crippen LogP contribution in [-0.4, -0.2) is 56.1 Å². The number of ether oxygens (including phenoxy) is 1. The van der Waals surface area contributed by atoms with E-state index in [-0.39, 0.29) is 35.9 Å². The lowest BCUT2D eigenvalue weighted by molar-refractivity contribution is -0.122. The molecule has 1 saturated heterocycles. The third kappa shape index (κ3) is 3.92. The predicted octanol–water partition coefficient (Wildman–Crippen LogP) is 1.20. The van der Waals surface area contributed by atoms with Gasteiger partial charge in [-0.15, -0.1) is 0 Å². The molecule has 3 aromatic heterocycles. The van der Waals surface area contributed by atoms with Gasteiger partial charge >= 0.3 is 0 Å². The molecule has 36 heavy (non-hydrogen) atoms. The molecule has 1 amide bonds. The Balaban J connectivity index is 1.61. The van der Waals surface area contributed by atoms with Crippen molar-refractivity contribution < 1.29 is 18.3 Å². The maximum absolute atomic E-state index is 14.8. The zero-order valence-corrected chi connectivity index (χ0v) is 19.3. The van der Waals surface area contributed by atoms with Crippen LogP contribution >= 0.6 is 0 Å². The Bertz CT molecular complexity index is 1490. The van der Waals surface area contributed by atoms with Gasteiger partial charge in [-0.3, -0.25) is 9.78 Å². The van der Waals surface area contributed by atoms with Gasteiger partial charge in [0.05, 0.1) is 37.6 Å². The SMILES string of the molecule is COc1cc(F)c(-c2cc(Cn3cnc4c(N)ncnc43)c(N3CC[C@](N)(C(N)=O)C3)cn2)cc1F. The zero-order chi connectivity index (χ0) is 25.6. The Labute approximate surface area is 203 Å². The predicted molar refractivity (Wildman–Crippen MR) is 128 cm³/mol. The lowest BCUT2D eigenvalue weighted by Crippen LogP contribution is -2.53. The van der Waals surface area contributed by atoms with Gasteiger partial charge in [-0.05, 0) is 24.1 Å². The summed E-state index contributed by atoms with van der Waals surface area (Å²) in [7, 11) is 1.26. The van der Waals surface area contributed by atoms with E-state index in [9.17, 15) is 13.6 Å². The van der Waals surface area contributed by atoms with Crippen LogP contribution in [0.3, 0.4) is 0 Å². The van der Waals surface area contributed by atoms with Gasteiger partial charge in [0.1, 0.15) is 23.2 Å². The first-order valence-corrected chi connectivity index (χ1v) is 11.0. The molecule has 0 aliphatic carbocycles. The molecule has 186 valence electrons. The maximum Gasteiger partial charge on any atom is 0.239 e. The van der Waals surface area contributed by atoms with E-state index in [1.807, 2.05) is 4.90 Å². The Morgan fingerprint density at radius 1 is 1.17 bits per heavy atom. The molecular formula is C23H23F2N9O2. The van der Waals surface area contributed by atoms with E-state index in [0.29, 0.717) is 35.4 Å². The molecule has 1 atom stereocenters. The Hall–Kier alpha value is -4.39. The number of amides is 1. The van der Waals surface area contributed by atoms with Crippen LogP contribution in [0.4, 0.5) is 20.3 Å². The first kappa shape index (κ1) is 23.4. The number of carbonyl (C=O) groups is 1. The number of nitrogen functional groups attached to an aromatic ring is 1. The Kier molecular flexibility index (Phi) is 5.63. The van der Waals surface area contributed by atoms with Crippen molar-refractivity contribution in [3.63, 3.8) is 0 Å². The van der Waals surface area contributed by atoms with Crippen LogP contribution in [0.25, 0.3) is 22.4 Å². The molecule has 4 aromatic rings.